The molecule has 1 saturated heterocycles. The molecule has 2 aliphatic heterocycles. The van der Waals surface area contributed by atoms with Gasteiger partial charge >= 0.3 is 5.97 Å². The van der Waals surface area contributed by atoms with Crippen molar-refractivity contribution >= 4 is 20.0 Å². The van der Waals surface area contributed by atoms with Crippen molar-refractivity contribution in [2.75, 3.05) is 12.7 Å². The monoisotopic (exact) mass is 201 g/mol. The second-order valence-electron chi connectivity index (χ2n) is 3.22. The summed E-state index contributed by atoms with van der Waals surface area (Å²) in [5.41, 5.74) is 0. The normalized spacial score (nSPS) is 26.6. The highest BCUT2D eigenvalue weighted by atomic mass is 31.1. The molecule has 0 aliphatic carbocycles. The number of carbonyl (C=O) groups is 1. The molecule has 13 heavy (non-hydrogen) atoms. The molecule has 1 fully saturated rings. The van der Waals surface area contributed by atoms with Crippen LogP contribution in [0.25, 0.3) is 0 Å². The second-order valence-corrected chi connectivity index (χ2v) is 4.40. The van der Waals surface area contributed by atoms with Crippen LogP contribution in [0.4, 0.5) is 0 Å². The molecule has 2 aliphatic rings. The van der Waals surface area contributed by atoms with Crippen LogP contribution in [0.15, 0.2) is 0 Å². The molecule has 0 aromatic carbocycles. The Kier molecular flexibility index (Phi) is 5.02. The van der Waals surface area contributed by atoms with E-state index in [1.54, 1.807) is 8.20 Å². The fraction of sp³-hybridized carbons (Fsp3) is 0.778. The maximum absolute atomic E-state index is 10.1. The Balaban J connectivity index is 0.000000145. The molecule has 74 valence electrons. The van der Waals surface area contributed by atoms with Gasteiger partial charge in [-0.1, -0.05) is 5.80 Å². The molecule has 0 radical (unpaired) electrons. The zero-order valence-corrected chi connectivity index (χ0v) is 8.59. The summed E-state index contributed by atoms with van der Waals surface area (Å²) in [6.45, 7) is 0.858. The van der Waals surface area contributed by atoms with E-state index in [1.807, 2.05) is 0 Å². The third-order valence-electron chi connectivity index (χ3n) is 2.11. The fourth-order valence-corrected chi connectivity index (χ4v) is 2.26. The summed E-state index contributed by atoms with van der Waals surface area (Å²) in [5.74, 6) is 1.61. The van der Waals surface area contributed by atoms with Gasteiger partial charge < -0.3 is 10.4 Å². The molecule has 1 atom stereocenters. The molecular formula is C9H16NO2P. The number of nitrogens with one attached hydrogen (secondary N) is 1. The summed E-state index contributed by atoms with van der Waals surface area (Å²) < 4.78 is 0. The maximum Gasteiger partial charge on any atom is 0.320 e. The van der Waals surface area contributed by atoms with E-state index in [2.05, 4.69) is 11.1 Å². The van der Waals surface area contributed by atoms with Crippen molar-refractivity contribution in [3.63, 3.8) is 0 Å². The fourth-order valence-electron chi connectivity index (χ4n) is 1.35. The number of carboxylic acids is 1. The molecule has 0 aromatic rings. The van der Waals surface area contributed by atoms with Gasteiger partial charge in [-0.3, -0.25) is 4.79 Å². The van der Waals surface area contributed by atoms with E-state index in [0.717, 1.165) is 19.4 Å². The summed E-state index contributed by atoms with van der Waals surface area (Å²) in [6, 6.07) is -0.269. The van der Waals surface area contributed by atoms with Gasteiger partial charge in [0.15, 0.2) is 0 Å². The third kappa shape index (κ3) is 4.39. The van der Waals surface area contributed by atoms with Crippen LogP contribution in [0, 0.1) is 0 Å². The number of aliphatic carboxylic acids is 1. The van der Waals surface area contributed by atoms with E-state index < -0.39 is 5.97 Å². The lowest BCUT2D eigenvalue weighted by Gasteiger charge is -1.99. The zero-order chi connectivity index (χ0) is 9.52. The van der Waals surface area contributed by atoms with Crippen LogP contribution in [0.1, 0.15) is 25.7 Å². The largest absolute Gasteiger partial charge is 0.480 e. The Morgan fingerprint density at radius 1 is 1.54 bits per heavy atom. The van der Waals surface area contributed by atoms with E-state index in [0.29, 0.717) is 0 Å². The number of rotatable bonds is 1. The molecule has 2 heterocycles. The van der Waals surface area contributed by atoms with Gasteiger partial charge in [-0.25, -0.2) is 0 Å². The first kappa shape index (κ1) is 10.7. The first-order valence-corrected chi connectivity index (χ1v) is 5.90. The van der Waals surface area contributed by atoms with Crippen molar-refractivity contribution in [2.24, 2.45) is 0 Å². The smallest absolute Gasteiger partial charge is 0.320 e. The van der Waals surface area contributed by atoms with Crippen LogP contribution in [-0.4, -0.2) is 35.6 Å². The highest BCUT2D eigenvalue weighted by Gasteiger charge is 2.20. The number of hydrogen-bond acceptors (Lipinski definition) is 2. The average molecular weight is 201 g/mol. The standard InChI is InChI=1S/C5H9NO2.C4H7P/c7-5(8)4-2-1-3-6-4;1-2-4-5-3-1/h4,6H,1-3H2,(H,7,8);3H,1-2,4H2/t4-;/m0./s1. The van der Waals surface area contributed by atoms with Crippen LogP contribution in [0.3, 0.4) is 0 Å². The van der Waals surface area contributed by atoms with Gasteiger partial charge in [0.2, 0.25) is 0 Å². The van der Waals surface area contributed by atoms with Gasteiger partial charge in [0.05, 0.1) is 0 Å². The molecule has 3 nitrogen and oxygen atoms in total. The SMILES string of the molecule is C1=PCCC1.O=C(O)[C@@H]1CCCN1. The topological polar surface area (TPSA) is 49.3 Å². The van der Waals surface area contributed by atoms with E-state index in [4.69, 9.17) is 5.11 Å². The summed E-state index contributed by atoms with van der Waals surface area (Å²) >= 11 is 0. The first-order valence-electron chi connectivity index (χ1n) is 4.75. The molecule has 0 unspecified atom stereocenters. The third-order valence-corrected chi connectivity index (χ3v) is 3.20. The van der Waals surface area contributed by atoms with Crippen LogP contribution >= 0.6 is 8.20 Å². The molecule has 2 N–H and O–H groups in total. The molecule has 0 saturated carbocycles. The van der Waals surface area contributed by atoms with Crippen molar-refractivity contribution in [1.82, 2.24) is 5.32 Å². The lowest BCUT2D eigenvalue weighted by molar-refractivity contribution is -0.139. The predicted molar refractivity (Wildman–Crippen MR) is 55.7 cm³/mol. The zero-order valence-electron chi connectivity index (χ0n) is 7.70. The van der Waals surface area contributed by atoms with Crippen LogP contribution in [0.2, 0.25) is 0 Å². The second kappa shape index (κ2) is 6.11. The van der Waals surface area contributed by atoms with Crippen molar-refractivity contribution in [2.45, 2.75) is 31.7 Å². The first-order chi connectivity index (χ1) is 6.30. The van der Waals surface area contributed by atoms with Gasteiger partial charge in [0.1, 0.15) is 6.04 Å². The van der Waals surface area contributed by atoms with Crippen LogP contribution < -0.4 is 5.32 Å². The Hall–Kier alpha value is -0.400. The van der Waals surface area contributed by atoms with Gasteiger partial charge in [-0.05, 0) is 38.4 Å². The van der Waals surface area contributed by atoms with Crippen molar-refractivity contribution < 1.29 is 9.90 Å². The minimum absolute atomic E-state index is 0.269. The van der Waals surface area contributed by atoms with Crippen LogP contribution in [0.5, 0.6) is 0 Å². The molecule has 0 spiro atoms. The predicted octanol–water partition coefficient (Wildman–Crippen LogP) is 1.35. The Morgan fingerprint density at radius 2 is 2.38 bits per heavy atom. The lowest BCUT2D eigenvalue weighted by Crippen LogP contribution is -2.29. The minimum atomic E-state index is -0.720. The van der Waals surface area contributed by atoms with E-state index in [-0.39, 0.29) is 6.04 Å². The van der Waals surface area contributed by atoms with Gasteiger partial charge in [0, 0.05) is 0 Å². The molecule has 0 bridgehead atoms. The highest BCUT2D eigenvalue weighted by Crippen LogP contribution is 2.07. The van der Waals surface area contributed by atoms with Gasteiger partial charge in [0.25, 0.3) is 0 Å². The van der Waals surface area contributed by atoms with Gasteiger partial charge in [-0.2, -0.15) is 0 Å². The summed E-state index contributed by atoms with van der Waals surface area (Å²) in [6.07, 6.45) is 6.00. The van der Waals surface area contributed by atoms with Crippen molar-refractivity contribution in [3.05, 3.63) is 0 Å². The minimum Gasteiger partial charge on any atom is -0.480 e. The maximum atomic E-state index is 10.1. The average Bonchev–Trinajstić information content (AvgIpc) is 2.82. The summed E-state index contributed by atoms with van der Waals surface area (Å²) in [5, 5.41) is 11.2. The Morgan fingerprint density at radius 3 is 2.62 bits per heavy atom. The summed E-state index contributed by atoms with van der Waals surface area (Å²) in [7, 11) is 1.57. The quantitative estimate of drug-likeness (QED) is 0.629. The molecule has 2 rings (SSSR count). The lowest BCUT2D eigenvalue weighted by atomic mass is 10.2. The molecule has 4 heteroatoms. The van der Waals surface area contributed by atoms with E-state index in [1.165, 1.54) is 19.0 Å². The molecule has 0 aromatic heterocycles. The Labute approximate surface area is 80.3 Å². The number of hydrogen-bond donors (Lipinski definition) is 2. The number of carboxylic acid groups (broad SMARTS) is 1. The van der Waals surface area contributed by atoms with Gasteiger partial charge in [-0.15, -0.1) is 8.20 Å². The van der Waals surface area contributed by atoms with E-state index >= 15 is 0 Å². The highest BCUT2D eigenvalue weighted by molar-refractivity contribution is 7.38. The van der Waals surface area contributed by atoms with Crippen molar-refractivity contribution in [1.29, 1.82) is 0 Å². The molecular weight excluding hydrogens is 185 g/mol. The van der Waals surface area contributed by atoms with Crippen molar-refractivity contribution in [3.8, 4) is 0 Å². The summed E-state index contributed by atoms with van der Waals surface area (Å²) in [4.78, 5) is 10.1. The Bertz CT molecular complexity index is 182. The molecule has 0 amide bonds. The van der Waals surface area contributed by atoms with Crippen LogP contribution in [-0.2, 0) is 4.79 Å². The van der Waals surface area contributed by atoms with E-state index in [9.17, 15) is 4.79 Å².